The molecule has 1 aromatic carbocycles. The second-order valence-corrected chi connectivity index (χ2v) is 4.91. The Hall–Kier alpha value is -1.87. The molecule has 2 rings (SSSR count). The molecule has 0 saturated heterocycles. The van der Waals surface area contributed by atoms with E-state index in [2.05, 4.69) is 0 Å². The highest BCUT2D eigenvalue weighted by molar-refractivity contribution is 7.86. The lowest BCUT2D eigenvalue weighted by atomic mass is 10.1. The highest BCUT2D eigenvalue weighted by Gasteiger charge is 2.44. The van der Waals surface area contributed by atoms with Gasteiger partial charge < -0.3 is 4.74 Å². The van der Waals surface area contributed by atoms with Gasteiger partial charge in [-0.3, -0.25) is 9.35 Å². The predicted octanol–water partition coefficient (Wildman–Crippen LogP) is 2.21. The first-order valence-corrected chi connectivity index (χ1v) is 6.53. The lowest BCUT2D eigenvalue weighted by molar-refractivity contribution is -0.0510. The van der Waals surface area contributed by atoms with Crippen LogP contribution in [-0.2, 0) is 10.1 Å². The van der Waals surface area contributed by atoms with Crippen LogP contribution < -0.4 is 4.74 Å². The number of benzene rings is 1. The number of alkyl halides is 3. The second-order valence-electron chi connectivity index (χ2n) is 3.49. The molecule has 9 heteroatoms. The third kappa shape index (κ3) is 4.35. The van der Waals surface area contributed by atoms with E-state index in [9.17, 15) is 18.0 Å². The van der Waals surface area contributed by atoms with Gasteiger partial charge in [-0.25, -0.2) is 0 Å². The molecule has 1 aliphatic rings. The third-order valence-electron chi connectivity index (χ3n) is 2.05. The maximum absolute atomic E-state index is 11.3. The molecule has 1 aromatic rings. The van der Waals surface area contributed by atoms with E-state index in [0.29, 0.717) is 17.9 Å². The van der Waals surface area contributed by atoms with Gasteiger partial charge in [0.25, 0.3) is 0 Å². The van der Waals surface area contributed by atoms with E-state index in [1.165, 1.54) is 0 Å². The van der Waals surface area contributed by atoms with Crippen molar-refractivity contribution in [1.29, 1.82) is 0 Å². The molecule has 0 bridgehead atoms. The van der Waals surface area contributed by atoms with E-state index in [4.69, 9.17) is 17.7 Å². The van der Waals surface area contributed by atoms with E-state index < -0.39 is 15.6 Å². The van der Waals surface area contributed by atoms with E-state index in [0.717, 1.165) is 0 Å². The molecule has 110 valence electrons. The van der Waals surface area contributed by atoms with Gasteiger partial charge in [0.1, 0.15) is 12.4 Å². The predicted molar refractivity (Wildman–Crippen MR) is 63.0 cm³/mol. The molecule has 1 aliphatic heterocycles. The zero-order valence-corrected chi connectivity index (χ0v) is 10.6. The van der Waals surface area contributed by atoms with Crippen LogP contribution in [0.2, 0.25) is 0 Å². The van der Waals surface area contributed by atoms with Crippen molar-refractivity contribution in [2.75, 3.05) is 6.61 Å². The molecule has 20 heavy (non-hydrogen) atoms. The lowest BCUT2D eigenvalue weighted by Gasteiger charge is -2.03. The van der Waals surface area contributed by atoms with Gasteiger partial charge >= 0.3 is 15.6 Å². The minimum atomic E-state index is -5.84. The van der Waals surface area contributed by atoms with E-state index in [1.807, 2.05) is 12.1 Å². The Morgan fingerprint density at radius 2 is 1.75 bits per heavy atom. The van der Waals surface area contributed by atoms with Crippen molar-refractivity contribution in [3.05, 3.63) is 42.0 Å². The van der Waals surface area contributed by atoms with Gasteiger partial charge in [0.2, 0.25) is 0 Å². The summed E-state index contributed by atoms with van der Waals surface area (Å²) in [5.41, 5.74) is -4.89. The zero-order chi connectivity index (χ0) is 15.4. The molecular weight excluding hydrogens is 301 g/mol. The monoisotopic (exact) mass is 310 g/mol. The number of carbonyl (C=O) groups excluding carboxylic acids is 1. The van der Waals surface area contributed by atoms with Crippen molar-refractivity contribution in [3.8, 4) is 5.75 Å². The van der Waals surface area contributed by atoms with Gasteiger partial charge in [0, 0.05) is 0 Å². The average molecular weight is 310 g/mol. The van der Waals surface area contributed by atoms with Crippen LogP contribution in [0.4, 0.5) is 13.2 Å². The van der Waals surface area contributed by atoms with Gasteiger partial charge in [0.05, 0.1) is 5.56 Å². The van der Waals surface area contributed by atoms with E-state index >= 15 is 0 Å². The van der Waals surface area contributed by atoms with Crippen molar-refractivity contribution in [2.45, 2.75) is 5.51 Å². The van der Waals surface area contributed by atoms with Gasteiger partial charge in [-0.1, -0.05) is 12.1 Å². The quantitative estimate of drug-likeness (QED) is 0.587. The third-order valence-corrected chi connectivity index (χ3v) is 2.63. The van der Waals surface area contributed by atoms with Crippen LogP contribution in [0.3, 0.4) is 0 Å². The van der Waals surface area contributed by atoms with Crippen molar-refractivity contribution in [1.82, 2.24) is 0 Å². The number of fused-ring (bicyclic) bond motifs is 1. The van der Waals surface area contributed by atoms with Crippen molar-refractivity contribution < 1.29 is 35.7 Å². The Balaban J connectivity index is 0.000000221. The molecule has 5 nitrogen and oxygen atoms in total. The smallest absolute Gasteiger partial charge is 0.489 e. The molecule has 0 amide bonds. The lowest BCUT2D eigenvalue weighted by Crippen LogP contribution is -2.21. The van der Waals surface area contributed by atoms with E-state index in [1.54, 1.807) is 24.3 Å². The maximum Gasteiger partial charge on any atom is 0.522 e. The standard InChI is InChI=1S/C10H8O2.CHF3O3S/c11-9-5-3-7-12-10-6-2-1-4-8(9)10;2-1(3,4)8(5,6)7/h1-6H,7H2;(H,5,6,7). The fraction of sp³-hybridized carbons (Fsp3) is 0.182. The van der Waals surface area contributed by atoms with E-state index in [-0.39, 0.29) is 5.78 Å². The normalized spacial score (nSPS) is 14.5. The largest absolute Gasteiger partial charge is 0.522 e. The zero-order valence-electron chi connectivity index (χ0n) is 9.79. The van der Waals surface area contributed by atoms with Gasteiger partial charge in [-0.2, -0.15) is 21.6 Å². The fourth-order valence-corrected chi connectivity index (χ4v) is 1.18. The van der Waals surface area contributed by atoms with Crippen molar-refractivity contribution >= 4 is 15.9 Å². The Kier molecular flexibility index (Phi) is 4.90. The summed E-state index contributed by atoms with van der Waals surface area (Å²) in [6.45, 7) is 0.475. The number of carbonyl (C=O) groups is 1. The molecule has 0 aliphatic carbocycles. The molecule has 1 N–H and O–H groups in total. The minimum absolute atomic E-state index is 0.0168. The van der Waals surface area contributed by atoms with Gasteiger partial charge in [-0.05, 0) is 24.3 Å². The Morgan fingerprint density at radius 1 is 1.20 bits per heavy atom. The molecule has 0 unspecified atom stereocenters. The number of para-hydroxylation sites is 1. The molecule has 1 heterocycles. The number of rotatable bonds is 0. The first kappa shape index (κ1) is 16.2. The molecular formula is C11H9F3O5S. The fourth-order valence-electron chi connectivity index (χ4n) is 1.18. The molecule has 0 saturated carbocycles. The van der Waals surface area contributed by atoms with Crippen LogP contribution in [0, 0.1) is 0 Å². The first-order chi connectivity index (χ1) is 9.13. The van der Waals surface area contributed by atoms with Gasteiger partial charge in [0.15, 0.2) is 5.78 Å². The number of allylic oxidation sites excluding steroid dienone is 1. The number of hydrogen-bond donors (Lipinski definition) is 1. The molecule has 0 radical (unpaired) electrons. The SMILES string of the molecule is O=C1C=CCOc2ccccc21.O=S(=O)(O)C(F)(F)F. The first-order valence-electron chi connectivity index (χ1n) is 5.09. The summed E-state index contributed by atoms with van der Waals surface area (Å²) in [7, 11) is -5.84. The van der Waals surface area contributed by atoms with Crippen molar-refractivity contribution in [2.24, 2.45) is 0 Å². The summed E-state index contributed by atoms with van der Waals surface area (Å²) in [4.78, 5) is 11.3. The molecule has 0 atom stereocenters. The second kappa shape index (κ2) is 6.06. The summed E-state index contributed by atoms with van der Waals surface area (Å²) in [6.07, 6.45) is 3.27. The maximum atomic E-state index is 11.3. The summed E-state index contributed by atoms with van der Waals surface area (Å²) >= 11 is 0. The summed E-state index contributed by atoms with van der Waals surface area (Å²) in [5, 5.41) is 0. The Labute approximate surface area is 112 Å². The number of ketones is 1. The van der Waals surface area contributed by atoms with Crippen LogP contribution in [0.25, 0.3) is 0 Å². The average Bonchev–Trinajstić information content (AvgIpc) is 2.50. The highest BCUT2D eigenvalue weighted by Crippen LogP contribution is 2.21. The summed E-state index contributed by atoms with van der Waals surface area (Å²) in [6, 6.07) is 7.27. The molecule has 0 spiro atoms. The van der Waals surface area contributed by atoms with Crippen LogP contribution in [0.15, 0.2) is 36.4 Å². The van der Waals surface area contributed by atoms with Crippen LogP contribution >= 0.6 is 0 Å². The molecule has 0 fully saturated rings. The van der Waals surface area contributed by atoms with Crippen LogP contribution in [0.1, 0.15) is 10.4 Å². The van der Waals surface area contributed by atoms with Crippen molar-refractivity contribution in [3.63, 3.8) is 0 Å². The Morgan fingerprint density at radius 3 is 2.30 bits per heavy atom. The summed E-state index contributed by atoms with van der Waals surface area (Å²) in [5.74, 6) is 0.690. The minimum Gasteiger partial charge on any atom is -0.489 e. The number of ether oxygens (including phenoxy) is 1. The summed E-state index contributed by atoms with van der Waals surface area (Å²) < 4.78 is 62.9. The van der Waals surface area contributed by atoms with Gasteiger partial charge in [-0.15, -0.1) is 0 Å². The topological polar surface area (TPSA) is 80.7 Å². The number of hydrogen-bond acceptors (Lipinski definition) is 4. The Bertz CT molecular complexity index is 619. The number of halogens is 3. The van der Waals surface area contributed by atoms with Crippen LogP contribution in [-0.4, -0.2) is 30.9 Å². The molecule has 0 aromatic heterocycles. The van der Waals surface area contributed by atoms with Crippen LogP contribution in [0.5, 0.6) is 5.75 Å². The highest BCUT2D eigenvalue weighted by atomic mass is 32.2.